The molecule has 2 aromatic carbocycles. The smallest absolute Gasteiger partial charge is 0.228 e. The van der Waals surface area contributed by atoms with Gasteiger partial charge in [0, 0.05) is 55.4 Å². The van der Waals surface area contributed by atoms with Crippen LogP contribution in [-0.2, 0) is 6.42 Å². The molecule has 1 fully saturated rings. The molecule has 170 valence electrons. The highest BCUT2D eigenvalue weighted by Crippen LogP contribution is 2.20. The number of piperidine rings is 1. The first-order chi connectivity index (χ1) is 15.2. The Morgan fingerprint density at radius 2 is 1.97 bits per heavy atom. The first kappa shape index (κ1) is 24.3. The maximum Gasteiger partial charge on any atom is 0.228 e. The van der Waals surface area contributed by atoms with Crippen LogP contribution in [0.2, 0.25) is 5.02 Å². The van der Waals surface area contributed by atoms with Gasteiger partial charge in [0.1, 0.15) is 0 Å². The molecule has 7 nitrogen and oxygen atoms in total. The van der Waals surface area contributed by atoms with Gasteiger partial charge in [-0.25, -0.2) is 0 Å². The number of nitrogens with zero attached hydrogens (tertiary/aromatic N) is 4. The number of anilines is 1. The van der Waals surface area contributed by atoms with E-state index in [1.165, 1.54) is 5.69 Å². The Balaban J connectivity index is 0.00000289. The van der Waals surface area contributed by atoms with E-state index in [4.69, 9.17) is 16.1 Å². The maximum absolute atomic E-state index is 5.93. The van der Waals surface area contributed by atoms with E-state index < -0.39 is 0 Å². The lowest BCUT2D eigenvalue weighted by Crippen LogP contribution is -2.51. The second-order valence-corrected chi connectivity index (χ2v) is 7.97. The van der Waals surface area contributed by atoms with Crippen molar-refractivity contribution in [1.29, 1.82) is 0 Å². The number of halogens is 2. The number of nitrogens with one attached hydrogen (secondary N) is 2. The highest BCUT2D eigenvalue weighted by molar-refractivity contribution is 14.0. The Morgan fingerprint density at radius 3 is 2.72 bits per heavy atom. The monoisotopic (exact) mass is 566 g/mol. The number of hydrogen-bond acceptors (Lipinski definition) is 5. The molecule has 0 bridgehead atoms. The third-order valence-corrected chi connectivity index (χ3v) is 5.56. The summed E-state index contributed by atoms with van der Waals surface area (Å²) in [5, 5.41) is 11.6. The van der Waals surface area contributed by atoms with E-state index >= 15 is 0 Å². The van der Waals surface area contributed by atoms with E-state index in [1.54, 1.807) is 7.05 Å². The summed E-state index contributed by atoms with van der Waals surface area (Å²) in [7, 11) is 1.79. The third-order valence-electron chi connectivity index (χ3n) is 5.31. The van der Waals surface area contributed by atoms with E-state index in [1.807, 2.05) is 24.3 Å². The van der Waals surface area contributed by atoms with Gasteiger partial charge in [-0.15, -0.1) is 24.0 Å². The lowest BCUT2D eigenvalue weighted by atomic mass is 10.1. The van der Waals surface area contributed by atoms with Crippen molar-refractivity contribution in [2.45, 2.75) is 25.3 Å². The zero-order valence-electron chi connectivity index (χ0n) is 18.0. The highest BCUT2D eigenvalue weighted by atomic mass is 127. The fraction of sp³-hybridized carbons (Fsp3) is 0.348. The number of para-hydroxylation sites is 1. The van der Waals surface area contributed by atoms with Crippen LogP contribution in [0, 0.1) is 0 Å². The van der Waals surface area contributed by atoms with Crippen LogP contribution >= 0.6 is 35.6 Å². The minimum absolute atomic E-state index is 0. The Morgan fingerprint density at radius 1 is 1.19 bits per heavy atom. The van der Waals surface area contributed by atoms with E-state index in [0.717, 1.165) is 37.5 Å². The largest absolute Gasteiger partial charge is 0.369 e. The summed E-state index contributed by atoms with van der Waals surface area (Å²) in [5.74, 6) is 1.94. The lowest BCUT2D eigenvalue weighted by molar-refractivity contribution is 0.378. The number of aromatic nitrogens is 2. The van der Waals surface area contributed by atoms with Crippen molar-refractivity contribution in [2.75, 3.05) is 31.6 Å². The van der Waals surface area contributed by atoms with Crippen LogP contribution in [0.25, 0.3) is 11.4 Å². The molecule has 1 aliphatic heterocycles. The first-order valence-electron chi connectivity index (χ1n) is 10.6. The summed E-state index contributed by atoms with van der Waals surface area (Å²) in [5.41, 5.74) is 2.15. The van der Waals surface area contributed by atoms with Crippen molar-refractivity contribution in [3.63, 3.8) is 0 Å². The molecular formula is C23H28ClIN6O. The zero-order chi connectivity index (χ0) is 21.5. The summed E-state index contributed by atoms with van der Waals surface area (Å²) >= 11 is 5.93. The maximum atomic E-state index is 5.93. The second-order valence-electron chi connectivity index (χ2n) is 7.53. The molecule has 2 heterocycles. The summed E-state index contributed by atoms with van der Waals surface area (Å²) in [6, 6.07) is 18.3. The van der Waals surface area contributed by atoms with Gasteiger partial charge in [0.25, 0.3) is 0 Å². The fourth-order valence-electron chi connectivity index (χ4n) is 3.72. The molecule has 0 radical (unpaired) electrons. The molecule has 1 atom stereocenters. The number of guanidine groups is 1. The summed E-state index contributed by atoms with van der Waals surface area (Å²) in [4.78, 5) is 11.3. The number of benzene rings is 2. The van der Waals surface area contributed by atoms with Crippen molar-refractivity contribution < 1.29 is 4.52 Å². The highest BCUT2D eigenvalue weighted by Gasteiger charge is 2.21. The van der Waals surface area contributed by atoms with Gasteiger partial charge in [0.2, 0.25) is 11.7 Å². The van der Waals surface area contributed by atoms with Gasteiger partial charge in [-0.2, -0.15) is 4.98 Å². The molecular weight excluding hydrogens is 539 g/mol. The molecule has 32 heavy (non-hydrogen) atoms. The van der Waals surface area contributed by atoms with Crippen LogP contribution in [0.1, 0.15) is 18.7 Å². The van der Waals surface area contributed by atoms with Crippen molar-refractivity contribution >= 4 is 47.2 Å². The Labute approximate surface area is 210 Å². The minimum Gasteiger partial charge on any atom is -0.369 e. The zero-order valence-corrected chi connectivity index (χ0v) is 21.1. The van der Waals surface area contributed by atoms with Crippen molar-refractivity contribution in [1.82, 2.24) is 20.8 Å². The Hall–Kier alpha value is -2.33. The van der Waals surface area contributed by atoms with E-state index in [0.29, 0.717) is 35.7 Å². The van der Waals surface area contributed by atoms with Crippen LogP contribution in [0.15, 0.2) is 64.1 Å². The van der Waals surface area contributed by atoms with Crippen LogP contribution in [0.3, 0.4) is 0 Å². The summed E-state index contributed by atoms with van der Waals surface area (Å²) in [6.07, 6.45) is 2.89. The van der Waals surface area contributed by atoms with Gasteiger partial charge < -0.3 is 20.1 Å². The molecule has 0 aliphatic carbocycles. The molecule has 3 aromatic rings. The van der Waals surface area contributed by atoms with E-state index in [9.17, 15) is 0 Å². The van der Waals surface area contributed by atoms with Crippen LogP contribution in [-0.4, -0.2) is 48.8 Å². The molecule has 1 saturated heterocycles. The average molecular weight is 567 g/mol. The van der Waals surface area contributed by atoms with Gasteiger partial charge in [-0.05, 0) is 49.2 Å². The molecule has 2 N–H and O–H groups in total. The molecule has 1 aliphatic rings. The Kier molecular flexibility index (Phi) is 9.16. The van der Waals surface area contributed by atoms with Crippen LogP contribution in [0.5, 0.6) is 0 Å². The van der Waals surface area contributed by atoms with Gasteiger partial charge in [-0.1, -0.05) is 35.0 Å². The normalized spacial score (nSPS) is 16.4. The number of hydrogen-bond donors (Lipinski definition) is 2. The van der Waals surface area contributed by atoms with Crippen molar-refractivity contribution in [2.24, 2.45) is 4.99 Å². The molecule has 0 saturated carbocycles. The van der Waals surface area contributed by atoms with Gasteiger partial charge in [0.05, 0.1) is 0 Å². The van der Waals surface area contributed by atoms with Gasteiger partial charge in [0.15, 0.2) is 5.96 Å². The quantitative estimate of drug-likeness (QED) is 0.262. The first-order valence-corrected chi connectivity index (χ1v) is 10.9. The van der Waals surface area contributed by atoms with E-state index in [2.05, 4.69) is 61.0 Å². The molecule has 1 aromatic heterocycles. The topological polar surface area (TPSA) is 78.6 Å². The minimum atomic E-state index is 0. The SMILES string of the molecule is CN=C(NCCc1nc(-c2ccc(Cl)cc2)no1)NC1CCCN(c2ccccc2)C1.I. The fourth-order valence-corrected chi connectivity index (χ4v) is 3.84. The van der Waals surface area contributed by atoms with Crippen molar-refractivity contribution in [3.05, 3.63) is 65.5 Å². The molecule has 9 heteroatoms. The Bertz CT molecular complexity index is 995. The average Bonchev–Trinajstić information content (AvgIpc) is 3.28. The van der Waals surface area contributed by atoms with E-state index in [-0.39, 0.29) is 24.0 Å². The summed E-state index contributed by atoms with van der Waals surface area (Å²) in [6.45, 7) is 2.69. The van der Waals surface area contributed by atoms with Crippen molar-refractivity contribution in [3.8, 4) is 11.4 Å². The molecule has 4 rings (SSSR count). The molecule has 0 spiro atoms. The standard InChI is InChI=1S/C23H27ClN6O.HI/c1-25-23(27-19-6-5-15-30(16-19)20-7-3-2-4-8-20)26-14-13-21-28-22(29-31-21)17-9-11-18(24)12-10-17;/h2-4,7-12,19H,5-6,13-16H2,1H3,(H2,25,26,27);1H. The lowest BCUT2D eigenvalue weighted by Gasteiger charge is -2.35. The predicted octanol–water partition coefficient (Wildman–Crippen LogP) is 4.38. The van der Waals surface area contributed by atoms with Crippen LogP contribution < -0.4 is 15.5 Å². The predicted molar refractivity (Wildman–Crippen MR) is 140 cm³/mol. The van der Waals surface area contributed by atoms with Gasteiger partial charge >= 0.3 is 0 Å². The molecule has 1 unspecified atom stereocenters. The molecule has 0 amide bonds. The van der Waals surface area contributed by atoms with Crippen LogP contribution in [0.4, 0.5) is 5.69 Å². The second kappa shape index (κ2) is 12.1. The van der Waals surface area contributed by atoms with Gasteiger partial charge in [-0.3, -0.25) is 4.99 Å². The number of rotatable bonds is 6. The number of aliphatic imine (C=N–C) groups is 1. The summed E-state index contributed by atoms with van der Waals surface area (Å²) < 4.78 is 5.38. The third kappa shape index (κ3) is 6.59.